The van der Waals surface area contributed by atoms with E-state index in [2.05, 4.69) is 10.9 Å². The predicted octanol–water partition coefficient (Wildman–Crippen LogP) is 0.390. The van der Waals surface area contributed by atoms with Crippen molar-refractivity contribution in [1.29, 1.82) is 0 Å². The molecule has 0 fully saturated rings. The quantitative estimate of drug-likeness (QED) is 0.263. The summed E-state index contributed by atoms with van der Waals surface area (Å²) >= 11 is 0. The number of nitrogens with one attached hydrogen (secondary N) is 2. The van der Waals surface area contributed by atoms with Crippen molar-refractivity contribution in [2.45, 2.75) is 5.72 Å². The summed E-state index contributed by atoms with van der Waals surface area (Å²) in [5.74, 6) is 10.8. The summed E-state index contributed by atoms with van der Waals surface area (Å²) < 4.78 is 0. The number of nitrogen functional groups attached to an aromatic ring is 2. The van der Waals surface area contributed by atoms with Crippen LogP contribution in [0.3, 0.4) is 0 Å². The van der Waals surface area contributed by atoms with Crippen molar-refractivity contribution in [2.75, 3.05) is 10.9 Å². The Labute approximate surface area is 110 Å². The lowest BCUT2D eigenvalue weighted by atomic mass is 10.0. The van der Waals surface area contributed by atoms with E-state index in [0.29, 0.717) is 22.5 Å². The molecule has 6 nitrogen and oxygen atoms in total. The Morgan fingerprint density at radius 1 is 0.842 bits per heavy atom. The topological polar surface area (TPSA) is 122 Å². The maximum atomic E-state index is 10.6. The molecule has 3 rings (SSSR count). The molecule has 0 saturated heterocycles. The summed E-state index contributed by atoms with van der Waals surface area (Å²) in [7, 11) is 0. The van der Waals surface area contributed by atoms with Gasteiger partial charge in [-0.2, -0.15) is 0 Å². The van der Waals surface area contributed by atoms with Gasteiger partial charge in [-0.1, -0.05) is 12.1 Å². The smallest absolute Gasteiger partial charge is 0.167 e. The van der Waals surface area contributed by atoms with Crippen molar-refractivity contribution in [1.82, 2.24) is 0 Å². The van der Waals surface area contributed by atoms with Crippen molar-refractivity contribution in [3.8, 4) is 11.1 Å². The molecule has 2 aromatic carbocycles. The lowest BCUT2D eigenvalue weighted by Crippen LogP contribution is -2.35. The van der Waals surface area contributed by atoms with Crippen LogP contribution in [-0.4, -0.2) is 5.11 Å². The van der Waals surface area contributed by atoms with Gasteiger partial charge in [0.05, 0.1) is 0 Å². The van der Waals surface area contributed by atoms with Crippen LogP contribution in [0.5, 0.6) is 0 Å². The monoisotopic (exact) mass is 257 g/mol. The number of hydrogen-bond donors (Lipinski definition) is 6. The molecule has 0 unspecified atom stereocenters. The molecule has 2 aromatic rings. The summed E-state index contributed by atoms with van der Waals surface area (Å²) in [6.45, 7) is 0. The average molecular weight is 257 g/mol. The Hall–Kier alpha value is -2.12. The van der Waals surface area contributed by atoms with Crippen LogP contribution in [0.4, 0.5) is 11.4 Å². The molecular formula is C13H15N5O. The SMILES string of the molecule is NNc1ccc2c(c1)C(N)(O)c1cc(NN)ccc1-2. The Morgan fingerprint density at radius 2 is 1.26 bits per heavy atom. The van der Waals surface area contributed by atoms with Gasteiger partial charge in [0.15, 0.2) is 5.72 Å². The largest absolute Gasteiger partial charge is 0.368 e. The van der Waals surface area contributed by atoms with E-state index in [9.17, 15) is 5.11 Å². The number of nitrogens with two attached hydrogens (primary N) is 3. The minimum Gasteiger partial charge on any atom is -0.368 e. The van der Waals surface area contributed by atoms with E-state index in [1.165, 1.54) is 0 Å². The second kappa shape index (κ2) is 3.94. The van der Waals surface area contributed by atoms with E-state index >= 15 is 0 Å². The Morgan fingerprint density at radius 3 is 1.63 bits per heavy atom. The van der Waals surface area contributed by atoms with E-state index in [1.54, 1.807) is 12.1 Å². The summed E-state index contributed by atoms with van der Waals surface area (Å²) in [4.78, 5) is 0. The Balaban J connectivity index is 2.26. The lowest BCUT2D eigenvalue weighted by Gasteiger charge is -2.20. The summed E-state index contributed by atoms with van der Waals surface area (Å²) in [5, 5.41) is 10.6. The molecule has 0 amide bonds. The van der Waals surface area contributed by atoms with Gasteiger partial charge in [-0.05, 0) is 35.4 Å². The summed E-state index contributed by atoms with van der Waals surface area (Å²) in [6, 6.07) is 10.9. The third-order valence-corrected chi connectivity index (χ3v) is 3.48. The van der Waals surface area contributed by atoms with Crippen LogP contribution in [0.1, 0.15) is 11.1 Å². The van der Waals surface area contributed by atoms with Gasteiger partial charge in [-0.25, -0.2) is 0 Å². The number of fused-ring (bicyclic) bond motifs is 3. The fourth-order valence-electron chi connectivity index (χ4n) is 2.51. The van der Waals surface area contributed by atoms with Gasteiger partial charge >= 0.3 is 0 Å². The molecule has 98 valence electrons. The standard InChI is InChI=1S/C13H15N5O/c14-13(19)11-5-7(17-15)1-3-9(11)10-4-2-8(18-16)6-12(10)13/h1-6,17-19H,14-16H2. The summed E-state index contributed by atoms with van der Waals surface area (Å²) in [5.41, 5.74) is 14.0. The van der Waals surface area contributed by atoms with Gasteiger partial charge in [-0.15, -0.1) is 0 Å². The molecule has 19 heavy (non-hydrogen) atoms. The minimum absolute atomic E-state index is 0.618. The second-order valence-electron chi connectivity index (χ2n) is 4.58. The predicted molar refractivity (Wildman–Crippen MR) is 74.7 cm³/mol. The van der Waals surface area contributed by atoms with Gasteiger partial charge in [0, 0.05) is 22.5 Å². The van der Waals surface area contributed by atoms with Crippen LogP contribution in [0.2, 0.25) is 0 Å². The molecular weight excluding hydrogens is 242 g/mol. The third kappa shape index (κ3) is 1.59. The first-order valence-corrected chi connectivity index (χ1v) is 5.82. The fraction of sp³-hybridized carbons (Fsp3) is 0.0769. The van der Waals surface area contributed by atoms with Crippen molar-refractivity contribution in [3.63, 3.8) is 0 Å². The molecule has 9 N–H and O–H groups in total. The zero-order chi connectivity index (χ0) is 13.6. The van der Waals surface area contributed by atoms with Crippen molar-refractivity contribution >= 4 is 11.4 Å². The zero-order valence-corrected chi connectivity index (χ0v) is 10.1. The van der Waals surface area contributed by atoms with Gasteiger partial charge in [0.2, 0.25) is 0 Å². The number of aliphatic hydroxyl groups is 1. The van der Waals surface area contributed by atoms with Crippen LogP contribution in [0.25, 0.3) is 11.1 Å². The van der Waals surface area contributed by atoms with Gasteiger partial charge in [0.1, 0.15) is 0 Å². The molecule has 1 aliphatic rings. The molecule has 0 atom stereocenters. The Kier molecular flexibility index (Phi) is 2.48. The third-order valence-electron chi connectivity index (χ3n) is 3.48. The molecule has 0 heterocycles. The number of rotatable bonds is 2. The highest BCUT2D eigenvalue weighted by Gasteiger charge is 2.38. The first-order chi connectivity index (χ1) is 9.07. The molecule has 6 heteroatoms. The number of hydrazine groups is 2. The van der Waals surface area contributed by atoms with Crippen molar-refractivity contribution in [2.24, 2.45) is 17.4 Å². The number of anilines is 2. The van der Waals surface area contributed by atoms with Crippen molar-refractivity contribution < 1.29 is 5.11 Å². The first kappa shape index (κ1) is 11.9. The maximum Gasteiger partial charge on any atom is 0.167 e. The molecule has 0 aliphatic heterocycles. The second-order valence-corrected chi connectivity index (χ2v) is 4.58. The van der Waals surface area contributed by atoms with Crippen LogP contribution < -0.4 is 28.3 Å². The highest BCUT2D eigenvalue weighted by Crippen LogP contribution is 2.46. The van der Waals surface area contributed by atoms with Crippen LogP contribution >= 0.6 is 0 Å². The number of hydrogen-bond acceptors (Lipinski definition) is 6. The molecule has 0 spiro atoms. The molecule has 1 aliphatic carbocycles. The molecule has 0 saturated carbocycles. The molecule has 0 aromatic heterocycles. The van der Waals surface area contributed by atoms with Crippen LogP contribution in [0.15, 0.2) is 36.4 Å². The van der Waals surface area contributed by atoms with Crippen LogP contribution in [0, 0.1) is 0 Å². The first-order valence-electron chi connectivity index (χ1n) is 5.82. The molecule has 0 bridgehead atoms. The highest BCUT2D eigenvalue weighted by molar-refractivity contribution is 5.82. The van der Waals surface area contributed by atoms with Gasteiger partial charge in [0.25, 0.3) is 0 Å². The van der Waals surface area contributed by atoms with E-state index in [0.717, 1.165) is 11.1 Å². The number of benzene rings is 2. The van der Waals surface area contributed by atoms with E-state index in [4.69, 9.17) is 17.4 Å². The maximum absolute atomic E-state index is 10.6. The Bertz CT molecular complexity index is 598. The highest BCUT2D eigenvalue weighted by atomic mass is 16.3. The lowest BCUT2D eigenvalue weighted by molar-refractivity contribution is 0.0935. The average Bonchev–Trinajstić information content (AvgIpc) is 2.67. The van der Waals surface area contributed by atoms with E-state index < -0.39 is 5.72 Å². The summed E-state index contributed by atoms with van der Waals surface area (Å²) in [6.07, 6.45) is 0. The van der Waals surface area contributed by atoms with Gasteiger partial charge < -0.3 is 16.0 Å². The molecule has 0 radical (unpaired) electrons. The fourth-order valence-corrected chi connectivity index (χ4v) is 2.51. The van der Waals surface area contributed by atoms with Gasteiger partial charge in [-0.3, -0.25) is 17.4 Å². The van der Waals surface area contributed by atoms with E-state index in [1.807, 2.05) is 24.3 Å². The van der Waals surface area contributed by atoms with Crippen LogP contribution in [-0.2, 0) is 5.72 Å². The van der Waals surface area contributed by atoms with E-state index in [-0.39, 0.29) is 0 Å². The zero-order valence-electron chi connectivity index (χ0n) is 10.1. The minimum atomic E-state index is -1.55. The normalized spacial score (nSPS) is 14.7. The van der Waals surface area contributed by atoms with Crippen molar-refractivity contribution in [3.05, 3.63) is 47.5 Å².